The van der Waals surface area contributed by atoms with Gasteiger partial charge in [0.1, 0.15) is 5.82 Å². The van der Waals surface area contributed by atoms with Crippen LogP contribution in [0.25, 0.3) is 5.65 Å². The SMILES string of the molecule is O=C(CCc1nnc2ccc(NCc3ccccc3Cl)nn12)Nc1ccc2c(c1)OCO2. The van der Waals surface area contributed by atoms with Crippen molar-refractivity contribution in [2.45, 2.75) is 19.4 Å². The minimum Gasteiger partial charge on any atom is -0.454 e. The molecule has 0 fully saturated rings. The summed E-state index contributed by atoms with van der Waals surface area (Å²) in [5.41, 5.74) is 2.23. The van der Waals surface area contributed by atoms with E-state index in [4.69, 9.17) is 21.1 Å². The van der Waals surface area contributed by atoms with Gasteiger partial charge in [-0.15, -0.1) is 15.3 Å². The normalized spacial score (nSPS) is 12.2. The predicted octanol–water partition coefficient (Wildman–Crippen LogP) is 3.69. The molecule has 0 atom stereocenters. The zero-order valence-electron chi connectivity index (χ0n) is 16.9. The summed E-state index contributed by atoms with van der Waals surface area (Å²) in [6.07, 6.45) is 0.618. The average Bonchev–Trinajstić information content (AvgIpc) is 3.43. The molecule has 0 aliphatic carbocycles. The summed E-state index contributed by atoms with van der Waals surface area (Å²) in [5.74, 6) is 2.40. The van der Waals surface area contributed by atoms with Gasteiger partial charge in [-0.1, -0.05) is 29.8 Å². The van der Waals surface area contributed by atoms with Crippen LogP contribution in [0.1, 0.15) is 17.8 Å². The van der Waals surface area contributed by atoms with Gasteiger partial charge in [0.15, 0.2) is 23.0 Å². The Balaban J connectivity index is 1.22. The van der Waals surface area contributed by atoms with E-state index < -0.39 is 0 Å². The van der Waals surface area contributed by atoms with Crippen molar-refractivity contribution in [2.75, 3.05) is 17.4 Å². The quantitative estimate of drug-likeness (QED) is 0.442. The van der Waals surface area contributed by atoms with Gasteiger partial charge in [0.2, 0.25) is 12.7 Å². The predicted molar refractivity (Wildman–Crippen MR) is 119 cm³/mol. The fourth-order valence-electron chi connectivity index (χ4n) is 3.33. The highest BCUT2D eigenvalue weighted by atomic mass is 35.5. The zero-order chi connectivity index (χ0) is 21.9. The van der Waals surface area contributed by atoms with Crippen LogP contribution >= 0.6 is 11.6 Å². The van der Waals surface area contributed by atoms with Crippen LogP contribution in [0.5, 0.6) is 11.5 Å². The van der Waals surface area contributed by atoms with Crippen molar-refractivity contribution in [2.24, 2.45) is 0 Å². The van der Waals surface area contributed by atoms with Gasteiger partial charge in [-0.2, -0.15) is 4.52 Å². The van der Waals surface area contributed by atoms with Crippen molar-refractivity contribution in [1.29, 1.82) is 0 Å². The van der Waals surface area contributed by atoms with Gasteiger partial charge in [-0.3, -0.25) is 4.79 Å². The van der Waals surface area contributed by atoms with E-state index in [0.717, 1.165) is 5.56 Å². The maximum atomic E-state index is 12.4. The number of halogens is 1. The Morgan fingerprint density at radius 2 is 1.94 bits per heavy atom. The number of nitrogens with zero attached hydrogens (tertiary/aromatic N) is 4. The fraction of sp³-hybridized carbons (Fsp3) is 0.182. The molecule has 3 heterocycles. The number of aryl methyl sites for hydroxylation is 1. The molecule has 1 aliphatic rings. The first-order valence-electron chi connectivity index (χ1n) is 10.0. The van der Waals surface area contributed by atoms with Gasteiger partial charge in [0, 0.05) is 36.2 Å². The summed E-state index contributed by atoms with van der Waals surface area (Å²) in [6.45, 7) is 0.725. The van der Waals surface area contributed by atoms with E-state index >= 15 is 0 Å². The van der Waals surface area contributed by atoms with Gasteiger partial charge in [-0.05, 0) is 35.9 Å². The van der Waals surface area contributed by atoms with E-state index in [1.165, 1.54) is 0 Å². The van der Waals surface area contributed by atoms with E-state index in [0.29, 0.717) is 52.5 Å². The topological polar surface area (TPSA) is 103 Å². The standard InChI is InChI=1S/C22H19ClN6O3/c23-16-4-2-1-3-14(16)12-24-19-7-8-20-26-27-21(29(20)28-19)9-10-22(30)25-15-5-6-17-18(11-15)32-13-31-17/h1-8,11H,9-10,12-13H2,(H,24,28)(H,25,30). The molecule has 2 aromatic carbocycles. The second kappa shape index (κ2) is 8.72. The molecule has 32 heavy (non-hydrogen) atoms. The summed E-state index contributed by atoms with van der Waals surface area (Å²) in [6, 6.07) is 16.6. The number of hydrogen-bond donors (Lipinski definition) is 2. The van der Waals surface area contributed by atoms with E-state index in [1.54, 1.807) is 22.7 Å². The van der Waals surface area contributed by atoms with Gasteiger partial charge in [0.25, 0.3) is 0 Å². The molecule has 0 saturated heterocycles. The zero-order valence-corrected chi connectivity index (χ0v) is 17.7. The lowest BCUT2D eigenvalue weighted by atomic mass is 10.2. The Hall–Kier alpha value is -3.85. The third-order valence-electron chi connectivity index (χ3n) is 4.98. The Morgan fingerprint density at radius 1 is 1.06 bits per heavy atom. The van der Waals surface area contributed by atoms with Crippen LogP contribution in [0.15, 0.2) is 54.6 Å². The lowest BCUT2D eigenvalue weighted by Crippen LogP contribution is -2.13. The molecule has 0 spiro atoms. The molecule has 9 nitrogen and oxygen atoms in total. The molecule has 10 heteroatoms. The highest BCUT2D eigenvalue weighted by Gasteiger charge is 2.15. The molecule has 0 radical (unpaired) electrons. The summed E-state index contributed by atoms with van der Waals surface area (Å²) in [7, 11) is 0. The minimum absolute atomic E-state index is 0.145. The summed E-state index contributed by atoms with van der Waals surface area (Å²) in [5, 5.41) is 19.7. The van der Waals surface area contributed by atoms with Crippen LogP contribution in [0.3, 0.4) is 0 Å². The highest BCUT2D eigenvalue weighted by molar-refractivity contribution is 6.31. The van der Waals surface area contributed by atoms with Crippen molar-refractivity contribution in [3.63, 3.8) is 0 Å². The van der Waals surface area contributed by atoms with Gasteiger partial charge in [0.05, 0.1) is 0 Å². The van der Waals surface area contributed by atoms with Gasteiger partial charge in [-0.25, -0.2) is 0 Å². The number of carbonyl (C=O) groups excluding carboxylic acids is 1. The van der Waals surface area contributed by atoms with Crippen LogP contribution in [0.2, 0.25) is 5.02 Å². The van der Waals surface area contributed by atoms with E-state index in [2.05, 4.69) is 25.9 Å². The fourth-order valence-corrected chi connectivity index (χ4v) is 3.54. The first kappa shape index (κ1) is 20.1. The van der Waals surface area contributed by atoms with Gasteiger partial charge >= 0.3 is 0 Å². The number of anilines is 2. The molecule has 1 aliphatic heterocycles. The number of ether oxygens (including phenoxy) is 2. The third-order valence-corrected chi connectivity index (χ3v) is 5.35. The maximum absolute atomic E-state index is 12.4. The monoisotopic (exact) mass is 450 g/mol. The molecular formula is C22H19ClN6O3. The molecule has 2 aromatic heterocycles. The number of amides is 1. The molecule has 0 unspecified atom stereocenters. The molecule has 0 bridgehead atoms. The van der Waals surface area contributed by atoms with E-state index in [9.17, 15) is 4.79 Å². The molecule has 162 valence electrons. The lowest BCUT2D eigenvalue weighted by molar-refractivity contribution is -0.116. The third kappa shape index (κ3) is 4.28. The second-order valence-corrected chi connectivity index (χ2v) is 7.57. The van der Waals surface area contributed by atoms with Crippen molar-refractivity contribution in [3.05, 3.63) is 71.0 Å². The van der Waals surface area contributed by atoms with Crippen LogP contribution in [0, 0.1) is 0 Å². The summed E-state index contributed by atoms with van der Waals surface area (Å²) >= 11 is 6.21. The number of benzene rings is 2. The number of carbonyl (C=O) groups is 1. The molecular weight excluding hydrogens is 432 g/mol. The number of rotatable bonds is 7. The van der Waals surface area contributed by atoms with Crippen molar-refractivity contribution in [1.82, 2.24) is 19.8 Å². The Labute approximate surface area is 188 Å². The van der Waals surface area contributed by atoms with Crippen LogP contribution < -0.4 is 20.1 Å². The Bertz CT molecular complexity index is 1290. The van der Waals surface area contributed by atoms with Crippen LogP contribution in [-0.2, 0) is 17.8 Å². The second-order valence-electron chi connectivity index (χ2n) is 7.17. The molecule has 2 N–H and O–H groups in total. The molecule has 4 aromatic rings. The summed E-state index contributed by atoms with van der Waals surface area (Å²) in [4.78, 5) is 12.4. The minimum atomic E-state index is -0.145. The van der Waals surface area contributed by atoms with Crippen molar-refractivity contribution < 1.29 is 14.3 Å². The molecule has 1 amide bonds. The van der Waals surface area contributed by atoms with Crippen molar-refractivity contribution >= 4 is 34.7 Å². The van der Waals surface area contributed by atoms with Crippen molar-refractivity contribution in [3.8, 4) is 11.5 Å². The van der Waals surface area contributed by atoms with E-state index in [1.807, 2.05) is 36.4 Å². The average molecular weight is 451 g/mol. The van der Waals surface area contributed by atoms with Gasteiger partial charge < -0.3 is 20.1 Å². The number of hydrogen-bond acceptors (Lipinski definition) is 7. The summed E-state index contributed by atoms with van der Waals surface area (Å²) < 4.78 is 12.3. The first-order chi connectivity index (χ1) is 15.7. The molecule has 5 rings (SSSR count). The molecule has 0 saturated carbocycles. The highest BCUT2D eigenvalue weighted by Crippen LogP contribution is 2.34. The number of nitrogens with one attached hydrogen (secondary N) is 2. The Kier molecular flexibility index (Phi) is 5.47. The smallest absolute Gasteiger partial charge is 0.231 e. The van der Waals surface area contributed by atoms with Crippen LogP contribution in [-0.4, -0.2) is 32.5 Å². The van der Waals surface area contributed by atoms with Crippen LogP contribution in [0.4, 0.5) is 11.5 Å². The number of aromatic nitrogens is 4. The van der Waals surface area contributed by atoms with E-state index in [-0.39, 0.29) is 19.1 Å². The lowest BCUT2D eigenvalue weighted by Gasteiger charge is -2.08. The maximum Gasteiger partial charge on any atom is 0.231 e. The number of fused-ring (bicyclic) bond motifs is 2. The largest absolute Gasteiger partial charge is 0.454 e. The first-order valence-corrected chi connectivity index (χ1v) is 10.4. The Morgan fingerprint density at radius 3 is 2.84 bits per heavy atom.